The molecule has 2 nitrogen and oxygen atoms in total. The Bertz CT molecular complexity index is 349. The van der Waals surface area contributed by atoms with Crippen molar-refractivity contribution in [1.82, 2.24) is 0 Å². The van der Waals surface area contributed by atoms with Crippen LogP contribution in [0.25, 0.3) is 0 Å². The predicted octanol–water partition coefficient (Wildman–Crippen LogP) is 10.0. The topological polar surface area (TPSA) is 37.3 Å². The third-order valence-corrected chi connectivity index (χ3v) is 8.41. The van der Waals surface area contributed by atoms with Crippen molar-refractivity contribution in [3.8, 4) is 0 Å². The van der Waals surface area contributed by atoms with Crippen molar-refractivity contribution in [3.63, 3.8) is 0 Å². The standard InChI is InChI=1S/C16H33.C12H24O2.Sn/c1-4-7-10-11-12-15-16(13-8-5-2)14-9-6-3;1-2-3-4-5-6-7-8-9-10-11-12(13)14;/h4-15H2,1-3H3;2-11H2,1H3,(H,13,14);. The number of carboxylic acid groups (broad SMARTS) is 1. The Morgan fingerprint density at radius 1 is 0.548 bits per heavy atom. The summed E-state index contributed by atoms with van der Waals surface area (Å²) < 4.78 is 0.741. The van der Waals surface area contributed by atoms with Crippen LogP contribution in [0.5, 0.6) is 0 Å². The molecule has 0 aliphatic heterocycles. The Morgan fingerprint density at radius 3 is 1.26 bits per heavy atom. The Morgan fingerprint density at radius 2 is 0.871 bits per heavy atom. The third kappa shape index (κ3) is 28.2. The van der Waals surface area contributed by atoms with E-state index in [0.717, 1.165) is 16.3 Å². The van der Waals surface area contributed by atoms with Gasteiger partial charge in [0, 0.05) is 6.42 Å². The summed E-state index contributed by atoms with van der Waals surface area (Å²) in [4.78, 5) is 10.2. The SMILES string of the molecule is CCCCCCCCCCCC(=O)O.CCCCCCC[C]([Sn])(CCCC)CCCC. The molecule has 0 aliphatic rings. The molecule has 0 unspecified atom stereocenters. The van der Waals surface area contributed by atoms with E-state index < -0.39 is 5.97 Å². The van der Waals surface area contributed by atoms with Crippen molar-refractivity contribution in [3.05, 3.63) is 0 Å². The molecule has 0 aromatic carbocycles. The summed E-state index contributed by atoms with van der Waals surface area (Å²) in [6.07, 6.45) is 28.9. The van der Waals surface area contributed by atoms with Crippen molar-refractivity contribution in [1.29, 1.82) is 0 Å². The van der Waals surface area contributed by atoms with Gasteiger partial charge in [0.15, 0.2) is 0 Å². The van der Waals surface area contributed by atoms with Crippen LogP contribution in [0.3, 0.4) is 0 Å². The molecule has 3 radical (unpaired) electrons. The molecule has 0 rings (SSSR count). The molecule has 0 aromatic rings. The summed E-state index contributed by atoms with van der Waals surface area (Å²) in [5.74, 6) is -0.659. The van der Waals surface area contributed by atoms with Crippen molar-refractivity contribution >= 4 is 28.5 Å². The Balaban J connectivity index is 0. The minimum absolute atomic E-state index is 0.343. The monoisotopic (exact) mass is 545 g/mol. The predicted molar refractivity (Wildman–Crippen MR) is 140 cm³/mol. The molecule has 185 valence electrons. The van der Waals surface area contributed by atoms with E-state index in [0.29, 0.717) is 6.42 Å². The van der Waals surface area contributed by atoms with E-state index in [4.69, 9.17) is 5.11 Å². The van der Waals surface area contributed by atoms with Crippen molar-refractivity contribution in [2.75, 3.05) is 0 Å². The summed E-state index contributed by atoms with van der Waals surface area (Å²) in [6, 6.07) is 0. The molecule has 1 N–H and O–H groups in total. The molecule has 0 amide bonds. The van der Waals surface area contributed by atoms with E-state index in [-0.39, 0.29) is 0 Å². The van der Waals surface area contributed by atoms with E-state index in [1.165, 1.54) is 122 Å². The van der Waals surface area contributed by atoms with Crippen LogP contribution in [0.4, 0.5) is 0 Å². The number of hydrogen-bond acceptors (Lipinski definition) is 1. The van der Waals surface area contributed by atoms with E-state index in [2.05, 4.69) is 27.7 Å². The molecule has 3 heteroatoms. The molecule has 0 aliphatic carbocycles. The first-order valence-corrected chi connectivity index (χ1v) is 15.3. The second-order valence-corrected chi connectivity index (χ2v) is 12.7. The number of carbonyl (C=O) groups is 1. The average Bonchev–Trinajstić information content (AvgIpc) is 2.75. The second-order valence-electron chi connectivity index (χ2n) is 9.62. The number of rotatable bonds is 22. The molecule has 0 atom stereocenters. The second kappa shape index (κ2) is 26.5. The van der Waals surface area contributed by atoms with Crippen LogP contribution in [0.1, 0.15) is 169 Å². The van der Waals surface area contributed by atoms with Gasteiger partial charge in [0.05, 0.1) is 0 Å². The van der Waals surface area contributed by atoms with Gasteiger partial charge in [-0.3, -0.25) is 4.79 Å². The van der Waals surface area contributed by atoms with Crippen molar-refractivity contribution < 1.29 is 9.90 Å². The fraction of sp³-hybridized carbons (Fsp3) is 0.964. The summed E-state index contributed by atoms with van der Waals surface area (Å²) in [7, 11) is 0. The number of aliphatic carboxylic acids is 1. The van der Waals surface area contributed by atoms with Gasteiger partial charge in [-0.05, 0) is 6.42 Å². The van der Waals surface area contributed by atoms with Crippen LogP contribution in [-0.2, 0) is 4.79 Å². The van der Waals surface area contributed by atoms with Gasteiger partial charge in [0.1, 0.15) is 0 Å². The van der Waals surface area contributed by atoms with Gasteiger partial charge in [-0.2, -0.15) is 0 Å². The van der Waals surface area contributed by atoms with E-state index >= 15 is 0 Å². The van der Waals surface area contributed by atoms with Gasteiger partial charge in [-0.1, -0.05) is 58.3 Å². The summed E-state index contributed by atoms with van der Waals surface area (Å²) in [5.41, 5.74) is 0. The zero-order valence-corrected chi connectivity index (χ0v) is 24.8. The number of hydrogen-bond donors (Lipinski definition) is 1. The third-order valence-electron chi connectivity index (χ3n) is 6.27. The van der Waals surface area contributed by atoms with Crippen molar-refractivity contribution in [2.24, 2.45) is 0 Å². The normalized spacial score (nSPS) is 11.3. The summed E-state index contributed by atoms with van der Waals surface area (Å²) in [5, 5.41) is 8.41. The minimum atomic E-state index is -0.659. The summed E-state index contributed by atoms with van der Waals surface area (Å²) >= 11 is 1.81. The molecule has 0 aromatic heterocycles. The van der Waals surface area contributed by atoms with Gasteiger partial charge in [-0.15, -0.1) is 0 Å². The molecule has 0 saturated carbocycles. The van der Waals surface area contributed by atoms with Crippen LogP contribution >= 0.6 is 0 Å². The van der Waals surface area contributed by atoms with Crippen molar-refractivity contribution in [2.45, 2.75) is 172 Å². The first-order valence-electron chi connectivity index (χ1n) is 13.9. The first kappa shape index (κ1) is 33.4. The molecule has 0 bridgehead atoms. The van der Waals surface area contributed by atoms with Gasteiger partial charge in [0.2, 0.25) is 0 Å². The quantitative estimate of drug-likeness (QED) is 0.109. The van der Waals surface area contributed by atoms with Crippen LogP contribution in [-0.4, -0.2) is 33.6 Å². The number of unbranched alkanes of at least 4 members (excludes halogenated alkanes) is 14. The molecule has 0 heterocycles. The zero-order chi connectivity index (χ0) is 23.6. The van der Waals surface area contributed by atoms with Crippen LogP contribution in [0.15, 0.2) is 0 Å². The molecule has 0 saturated heterocycles. The zero-order valence-electron chi connectivity index (χ0n) is 21.9. The van der Waals surface area contributed by atoms with Gasteiger partial charge < -0.3 is 5.11 Å². The van der Waals surface area contributed by atoms with Gasteiger partial charge in [0.25, 0.3) is 0 Å². The fourth-order valence-corrected chi connectivity index (χ4v) is 5.57. The van der Waals surface area contributed by atoms with E-state index in [1.54, 1.807) is 0 Å². The van der Waals surface area contributed by atoms with Crippen LogP contribution < -0.4 is 0 Å². The summed E-state index contributed by atoms with van der Waals surface area (Å²) in [6.45, 7) is 9.19. The molecular formula is C28H57O2Sn. The molecule has 0 spiro atoms. The van der Waals surface area contributed by atoms with Gasteiger partial charge in [-0.25, -0.2) is 0 Å². The fourth-order valence-electron chi connectivity index (χ4n) is 4.06. The van der Waals surface area contributed by atoms with Crippen LogP contribution in [0, 0.1) is 0 Å². The Kier molecular flexibility index (Phi) is 28.6. The first-order chi connectivity index (χ1) is 15.0. The van der Waals surface area contributed by atoms with E-state index in [1.807, 2.05) is 22.5 Å². The van der Waals surface area contributed by atoms with E-state index in [9.17, 15) is 4.79 Å². The maximum atomic E-state index is 10.2. The van der Waals surface area contributed by atoms with Crippen LogP contribution in [0.2, 0.25) is 3.43 Å². The molecule has 31 heavy (non-hydrogen) atoms. The molecule has 0 fully saturated rings. The molecular weight excluding hydrogens is 487 g/mol. The number of carboxylic acids is 1. The maximum absolute atomic E-state index is 10.2. The average molecular weight is 544 g/mol. The Hall–Kier alpha value is 0.269. The van der Waals surface area contributed by atoms with Gasteiger partial charge >= 0.3 is 130 Å². The Labute approximate surface area is 210 Å².